The predicted molar refractivity (Wildman–Crippen MR) is 148 cm³/mol. The second-order valence-corrected chi connectivity index (χ2v) is 9.89. The minimum atomic E-state index is -0.390. The molecule has 1 unspecified atom stereocenters. The lowest BCUT2D eigenvalue weighted by molar-refractivity contribution is 0.108. The molecule has 2 heterocycles. The molecule has 4 rings (SSSR count). The quantitative estimate of drug-likeness (QED) is 0.286. The van der Waals surface area contributed by atoms with Crippen LogP contribution in [0.1, 0.15) is 25.7 Å². The topological polar surface area (TPSA) is 63.7 Å². The number of hydrogen-bond donors (Lipinski definition) is 3. The van der Waals surface area contributed by atoms with Gasteiger partial charge in [-0.2, -0.15) is 0 Å². The van der Waals surface area contributed by atoms with E-state index in [1.54, 1.807) is 6.07 Å². The van der Waals surface area contributed by atoms with Gasteiger partial charge < -0.3 is 20.6 Å². The van der Waals surface area contributed by atoms with E-state index in [0.29, 0.717) is 23.8 Å². The maximum absolute atomic E-state index is 14.0. The molecule has 1 aliphatic rings. The highest BCUT2D eigenvalue weighted by atomic mass is 35.5. The second kappa shape index (κ2) is 13.7. The number of rotatable bonds is 13. The zero-order valence-corrected chi connectivity index (χ0v) is 21.6. The molecule has 0 saturated carbocycles. The monoisotopic (exact) mass is 513 g/mol. The smallest absolute Gasteiger partial charge is 0.146 e. The van der Waals surface area contributed by atoms with Gasteiger partial charge in [0.1, 0.15) is 5.82 Å². The van der Waals surface area contributed by atoms with Gasteiger partial charge in [0.15, 0.2) is 0 Å². The SMILES string of the molecule is OC(CNCCCCCCNc1ccnc2cc(Cl)ccc12)CN1CCN(c2ccccc2F)CC1. The summed E-state index contributed by atoms with van der Waals surface area (Å²) < 4.78 is 14.0. The van der Waals surface area contributed by atoms with Crippen LogP contribution in [0.5, 0.6) is 0 Å². The van der Waals surface area contributed by atoms with Crippen molar-refractivity contribution in [3.05, 3.63) is 65.6 Å². The van der Waals surface area contributed by atoms with E-state index in [4.69, 9.17) is 11.6 Å². The Hall–Kier alpha value is -2.45. The minimum Gasteiger partial charge on any atom is -0.390 e. The molecule has 1 aliphatic heterocycles. The van der Waals surface area contributed by atoms with E-state index < -0.39 is 0 Å². The van der Waals surface area contributed by atoms with Gasteiger partial charge in [-0.25, -0.2) is 4.39 Å². The normalized spacial score (nSPS) is 15.4. The number of hydrogen-bond acceptors (Lipinski definition) is 6. The molecule has 1 atom stereocenters. The molecule has 6 nitrogen and oxygen atoms in total. The van der Waals surface area contributed by atoms with Crippen LogP contribution in [0.3, 0.4) is 0 Å². The van der Waals surface area contributed by atoms with Gasteiger partial charge in [0, 0.05) is 68.1 Å². The number of fused-ring (bicyclic) bond motifs is 1. The van der Waals surface area contributed by atoms with E-state index in [1.807, 2.05) is 42.6 Å². The van der Waals surface area contributed by atoms with Gasteiger partial charge in [0.25, 0.3) is 0 Å². The summed E-state index contributed by atoms with van der Waals surface area (Å²) in [5.41, 5.74) is 2.68. The number of aromatic nitrogens is 1. The fourth-order valence-electron chi connectivity index (χ4n) is 4.74. The predicted octanol–water partition coefficient (Wildman–Crippen LogP) is 4.77. The fourth-order valence-corrected chi connectivity index (χ4v) is 4.90. The molecular weight excluding hydrogens is 477 g/mol. The van der Waals surface area contributed by atoms with E-state index in [-0.39, 0.29) is 11.9 Å². The van der Waals surface area contributed by atoms with Gasteiger partial charge in [0.05, 0.1) is 17.3 Å². The van der Waals surface area contributed by atoms with Crippen molar-refractivity contribution in [1.29, 1.82) is 0 Å². The van der Waals surface area contributed by atoms with Crippen LogP contribution >= 0.6 is 11.6 Å². The summed E-state index contributed by atoms with van der Waals surface area (Å²) in [7, 11) is 0. The lowest BCUT2D eigenvalue weighted by Crippen LogP contribution is -2.50. The van der Waals surface area contributed by atoms with Gasteiger partial charge in [-0.1, -0.05) is 36.6 Å². The molecule has 1 saturated heterocycles. The number of benzene rings is 2. The Morgan fingerprint density at radius 1 is 0.972 bits per heavy atom. The average molecular weight is 514 g/mol. The van der Waals surface area contributed by atoms with Crippen LogP contribution in [0.2, 0.25) is 5.02 Å². The molecule has 0 radical (unpaired) electrons. The Balaban J connectivity index is 1.02. The zero-order valence-electron chi connectivity index (χ0n) is 20.8. The van der Waals surface area contributed by atoms with Gasteiger partial charge in [0.2, 0.25) is 0 Å². The first-order chi connectivity index (χ1) is 17.6. The number of β-amino-alcohol motifs (C(OH)–C–C–N with tert-alkyl or cyclic N) is 1. The number of anilines is 2. The molecule has 1 aromatic heterocycles. The Morgan fingerprint density at radius 3 is 2.56 bits per heavy atom. The number of pyridine rings is 1. The summed E-state index contributed by atoms with van der Waals surface area (Å²) in [5, 5.41) is 19.1. The molecule has 8 heteroatoms. The Labute approximate surface area is 218 Å². The summed E-state index contributed by atoms with van der Waals surface area (Å²) >= 11 is 6.06. The van der Waals surface area contributed by atoms with Crippen LogP contribution in [0.15, 0.2) is 54.7 Å². The van der Waals surface area contributed by atoms with Crippen molar-refractivity contribution in [3.63, 3.8) is 0 Å². The fraction of sp³-hybridized carbons (Fsp3) is 0.464. The van der Waals surface area contributed by atoms with Crippen LogP contribution in [-0.4, -0.2) is 73.5 Å². The number of nitrogens with zero attached hydrogens (tertiary/aromatic N) is 3. The number of halogens is 2. The summed E-state index contributed by atoms with van der Waals surface area (Å²) in [6.45, 7) is 6.33. The van der Waals surface area contributed by atoms with E-state index in [1.165, 1.54) is 12.5 Å². The van der Waals surface area contributed by atoms with E-state index in [0.717, 1.165) is 75.1 Å². The third-order valence-electron chi connectivity index (χ3n) is 6.71. The van der Waals surface area contributed by atoms with E-state index in [9.17, 15) is 9.50 Å². The van der Waals surface area contributed by atoms with Crippen LogP contribution in [-0.2, 0) is 0 Å². The summed E-state index contributed by atoms with van der Waals surface area (Å²) in [5.74, 6) is -0.167. The number of aliphatic hydroxyl groups excluding tert-OH is 1. The first-order valence-electron chi connectivity index (χ1n) is 13.0. The molecule has 36 heavy (non-hydrogen) atoms. The van der Waals surface area contributed by atoms with Crippen LogP contribution < -0.4 is 15.5 Å². The number of para-hydroxylation sites is 1. The van der Waals surface area contributed by atoms with Crippen LogP contribution in [0, 0.1) is 5.82 Å². The van der Waals surface area contributed by atoms with Crippen molar-refractivity contribution in [2.24, 2.45) is 0 Å². The number of nitrogens with one attached hydrogen (secondary N) is 2. The molecule has 0 aliphatic carbocycles. The number of unbranched alkanes of at least 4 members (excludes halogenated alkanes) is 3. The second-order valence-electron chi connectivity index (χ2n) is 9.46. The molecule has 194 valence electrons. The van der Waals surface area contributed by atoms with E-state index >= 15 is 0 Å². The third-order valence-corrected chi connectivity index (χ3v) is 6.95. The molecule has 2 aromatic carbocycles. The molecular formula is C28H37ClFN5O. The molecule has 0 amide bonds. The third kappa shape index (κ3) is 7.77. The molecule has 3 N–H and O–H groups in total. The molecule has 0 bridgehead atoms. The molecule has 0 spiro atoms. The first-order valence-corrected chi connectivity index (χ1v) is 13.4. The first kappa shape index (κ1) is 26.6. The van der Waals surface area contributed by atoms with Crippen molar-refractivity contribution in [1.82, 2.24) is 15.2 Å². The average Bonchev–Trinajstić information content (AvgIpc) is 2.88. The van der Waals surface area contributed by atoms with Crippen molar-refractivity contribution < 1.29 is 9.50 Å². The lowest BCUT2D eigenvalue weighted by atomic mass is 10.1. The maximum atomic E-state index is 14.0. The highest BCUT2D eigenvalue weighted by Crippen LogP contribution is 2.24. The van der Waals surface area contributed by atoms with Crippen molar-refractivity contribution >= 4 is 33.9 Å². The molecule has 3 aromatic rings. The highest BCUT2D eigenvalue weighted by Gasteiger charge is 2.20. The maximum Gasteiger partial charge on any atom is 0.146 e. The minimum absolute atomic E-state index is 0.167. The Kier molecular flexibility index (Phi) is 10.2. The van der Waals surface area contributed by atoms with Crippen molar-refractivity contribution in [2.75, 3.05) is 62.6 Å². The van der Waals surface area contributed by atoms with E-state index in [2.05, 4.69) is 25.4 Å². The van der Waals surface area contributed by atoms with Crippen LogP contribution in [0.4, 0.5) is 15.8 Å². The summed E-state index contributed by atoms with van der Waals surface area (Å²) in [6.07, 6.45) is 5.96. The molecule has 1 fully saturated rings. The van der Waals surface area contributed by atoms with Crippen molar-refractivity contribution in [2.45, 2.75) is 31.8 Å². The Morgan fingerprint density at radius 2 is 1.75 bits per heavy atom. The number of piperazine rings is 1. The van der Waals surface area contributed by atoms with Gasteiger partial charge in [-0.3, -0.25) is 9.88 Å². The van der Waals surface area contributed by atoms with Gasteiger partial charge in [-0.15, -0.1) is 0 Å². The van der Waals surface area contributed by atoms with Gasteiger partial charge in [-0.05, 0) is 55.8 Å². The highest BCUT2D eigenvalue weighted by molar-refractivity contribution is 6.31. The van der Waals surface area contributed by atoms with Crippen molar-refractivity contribution in [3.8, 4) is 0 Å². The Bertz CT molecular complexity index is 1090. The summed E-state index contributed by atoms with van der Waals surface area (Å²) in [6, 6.07) is 14.7. The van der Waals surface area contributed by atoms with Gasteiger partial charge >= 0.3 is 0 Å². The number of aliphatic hydroxyl groups is 1. The summed E-state index contributed by atoms with van der Waals surface area (Å²) in [4.78, 5) is 8.73. The zero-order chi connectivity index (χ0) is 25.2. The standard InChI is InChI=1S/C28H37ClFN5O/c29-22-9-10-24-26(11-14-33-27(24)19-22)32-13-6-2-1-5-12-31-20-23(36)21-34-15-17-35(18-16-34)28-8-4-3-7-25(28)30/h3-4,7-11,14,19,23,31,36H,1-2,5-6,12-13,15-18,20-21H2,(H,32,33). The lowest BCUT2D eigenvalue weighted by Gasteiger charge is -2.37. The van der Waals surface area contributed by atoms with Crippen LogP contribution in [0.25, 0.3) is 10.9 Å². The largest absolute Gasteiger partial charge is 0.390 e.